The van der Waals surface area contributed by atoms with Crippen molar-refractivity contribution in [1.82, 2.24) is 14.9 Å². The van der Waals surface area contributed by atoms with Crippen LogP contribution in [0.3, 0.4) is 0 Å². The summed E-state index contributed by atoms with van der Waals surface area (Å²) < 4.78 is 8.31. The molecule has 0 aliphatic heterocycles. The van der Waals surface area contributed by atoms with Gasteiger partial charge in [0.15, 0.2) is 0 Å². The van der Waals surface area contributed by atoms with E-state index in [4.69, 9.17) is 9.72 Å². The quantitative estimate of drug-likeness (QED) is 0.323. The van der Waals surface area contributed by atoms with Crippen molar-refractivity contribution in [3.63, 3.8) is 0 Å². The minimum Gasteiger partial charge on any atom is -0.493 e. The maximum absolute atomic E-state index is 11.5. The smallest absolute Gasteiger partial charge is 0.246 e. The molecule has 1 amide bonds. The van der Waals surface area contributed by atoms with Gasteiger partial charge in [0.1, 0.15) is 11.6 Å². The molecule has 0 aliphatic carbocycles. The topological polar surface area (TPSA) is 56.2 Å². The lowest BCUT2D eigenvalue weighted by Crippen LogP contribution is -2.24. The summed E-state index contributed by atoms with van der Waals surface area (Å²) in [7, 11) is 0. The Kier molecular flexibility index (Phi) is 8.27. The number of carbonyl (C=O) groups excluding carboxylic acids is 1. The van der Waals surface area contributed by atoms with Crippen molar-refractivity contribution in [3.8, 4) is 5.75 Å². The van der Waals surface area contributed by atoms with Gasteiger partial charge in [0.25, 0.3) is 0 Å². The Bertz CT molecular complexity index is 1020. The number of aryl methyl sites for hydroxylation is 3. The molecule has 0 radical (unpaired) electrons. The number of rotatable bonds is 12. The average molecular weight is 420 g/mol. The van der Waals surface area contributed by atoms with Gasteiger partial charge in [0, 0.05) is 25.1 Å². The van der Waals surface area contributed by atoms with Gasteiger partial charge >= 0.3 is 0 Å². The fourth-order valence-corrected chi connectivity index (χ4v) is 3.63. The van der Waals surface area contributed by atoms with Crippen LogP contribution in [0, 0.1) is 6.92 Å². The fourth-order valence-electron chi connectivity index (χ4n) is 3.63. The van der Waals surface area contributed by atoms with Crippen LogP contribution in [0.2, 0.25) is 0 Å². The second kappa shape index (κ2) is 11.3. The monoisotopic (exact) mass is 419 g/mol. The highest BCUT2D eigenvalue weighted by molar-refractivity contribution is 5.92. The van der Waals surface area contributed by atoms with Crippen LogP contribution >= 0.6 is 0 Å². The van der Waals surface area contributed by atoms with E-state index in [0.717, 1.165) is 61.3 Å². The Morgan fingerprint density at radius 3 is 2.65 bits per heavy atom. The molecule has 0 saturated heterocycles. The third kappa shape index (κ3) is 6.45. The van der Waals surface area contributed by atoms with E-state index < -0.39 is 0 Å². The maximum Gasteiger partial charge on any atom is 0.246 e. The van der Waals surface area contributed by atoms with Gasteiger partial charge < -0.3 is 14.6 Å². The number of unbranched alkanes of at least 4 members (excludes halogenated alkanes) is 2. The van der Waals surface area contributed by atoms with Crippen LogP contribution < -0.4 is 10.1 Å². The van der Waals surface area contributed by atoms with E-state index in [2.05, 4.69) is 47.7 Å². The number of aromatic nitrogens is 2. The van der Waals surface area contributed by atoms with Crippen LogP contribution in [0.1, 0.15) is 44.0 Å². The number of hydrogen-bond acceptors (Lipinski definition) is 3. The molecular formula is C26H33N3O2. The predicted octanol–water partition coefficient (Wildman–Crippen LogP) is 5.22. The summed E-state index contributed by atoms with van der Waals surface area (Å²) >= 11 is 0. The third-order valence-corrected chi connectivity index (χ3v) is 5.36. The first-order valence-electron chi connectivity index (χ1n) is 11.1. The van der Waals surface area contributed by atoms with Crippen molar-refractivity contribution < 1.29 is 9.53 Å². The molecular weight excluding hydrogens is 386 g/mol. The minimum atomic E-state index is -0.0605. The van der Waals surface area contributed by atoms with E-state index in [9.17, 15) is 4.79 Å². The van der Waals surface area contributed by atoms with Crippen LogP contribution in [0.25, 0.3) is 11.0 Å². The number of benzene rings is 2. The Balaban J connectivity index is 1.51. The number of amides is 1. The number of hydrogen-bond donors (Lipinski definition) is 1. The molecule has 0 aliphatic rings. The van der Waals surface area contributed by atoms with Crippen molar-refractivity contribution in [2.45, 2.75) is 52.5 Å². The highest BCUT2D eigenvalue weighted by Crippen LogP contribution is 2.20. The van der Waals surface area contributed by atoms with Crippen LogP contribution in [0.15, 0.2) is 60.7 Å². The van der Waals surface area contributed by atoms with E-state index in [1.165, 1.54) is 5.52 Å². The number of ether oxygens (including phenoxy) is 1. The molecule has 1 heterocycles. The van der Waals surface area contributed by atoms with Crippen LogP contribution in [-0.2, 0) is 17.8 Å². The normalized spacial score (nSPS) is 10.9. The van der Waals surface area contributed by atoms with E-state index in [1.807, 2.05) is 24.3 Å². The van der Waals surface area contributed by atoms with E-state index in [1.54, 1.807) is 6.92 Å². The average Bonchev–Trinajstić information content (AvgIpc) is 3.12. The molecule has 2 aromatic carbocycles. The van der Waals surface area contributed by atoms with Crippen LogP contribution in [-0.4, -0.2) is 28.6 Å². The number of nitrogens with one attached hydrogen (secondary N) is 1. The number of carbonyl (C=O) groups is 1. The Labute approximate surface area is 185 Å². The summed E-state index contributed by atoms with van der Waals surface area (Å²) in [5, 5.41) is 2.89. The first kappa shape index (κ1) is 22.6. The Hall–Kier alpha value is -3.08. The molecule has 0 fully saturated rings. The van der Waals surface area contributed by atoms with Crippen LogP contribution in [0.5, 0.6) is 5.75 Å². The standard InChI is InChI=1S/C26H33N3O2/c1-20(2)26(30)27-17-10-4-5-16-25-28-22-13-7-8-14-23(22)29(25)18-11-19-31-24-15-9-6-12-21(24)3/h6-9,12-15H,1,4-5,10-11,16-19H2,2-3H3,(H,27,30). The minimum absolute atomic E-state index is 0.0605. The molecule has 0 unspecified atom stereocenters. The van der Waals surface area contributed by atoms with Gasteiger partial charge in [-0.15, -0.1) is 0 Å². The fraction of sp³-hybridized carbons (Fsp3) is 0.385. The number of nitrogens with zero attached hydrogens (tertiary/aromatic N) is 2. The molecule has 5 heteroatoms. The highest BCUT2D eigenvalue weighted by Gasteiger charge is 2.10. The lowest BCUT2D eigenvalue weighted by molar-refractivity contribution is -0.117. The van der Waals surface area contributed by atoms with E-state index in [-0.39, 0.29) is 5.91 Å². The molecule has 164 valence electrons. The zero-order valence-electron chi connectivity index (χ0n) is 18.7. The lowest BCUT2D eigenvalue weighted by Gasteiger charge is -2.12. The number of para-hydroxylation sites is 3. The van der Waals surface area contributed by atoms with Gasteiger partial charge in [-0.25, -0.2) is 4.98 Å². The van der Waals surface area contributed by atoms with Gasteiger partial charge in [0.2, 0.25) is 5.91 Å². The van der Waals surface area contributed by atoms with Gasteiger partial charge in [-0.1, -0.05) is 43.3 Å². The molecule has 5 nitrogen and oxygen atoms in total. The lowest BCUT2D eigenvalue weighted by atomic mass is 10.2. The third-order valence-electron chi connectivity index (χ3n) is 5.36. The maximum atomic E-state index is 11.5. The molecule has 0 atom stereocenters. The molecule has 31 heavy (non-hydrogen) atoms. The van der Waals surface area contributed by atoms with E-state index >= 15 is 0 Å². The molecule has 0 spiro atoms. The van der Waals surface area contributed by atoms with Crippen molar-refractivity contribution in [1.29, 1.82) is 0 Å². The molecule has 3 aromatic rings. The Morgan fingerprint density at radius 2 is 1.84 bits per heavy atom. The van der Waals surface area contributed by atoms with Gasteiger partial charge in [-0.3, -0.25) is 4.79 Å². The van der Waals surface area contributed by atoms with Crippen molar-refractivity contribution in [2.75, 3.05) is 13.2 Å². The molecule has 1 N–H and O–H groups in total. The summed E-state index contributed by atoms with van der Waals surface area (Å²) in [6.07, 6.45) is 4.92. The second-order valence-electron chi connectivity index (χ2n) is 7.98. The second-order valence-corrected chi connectivity index (χ2v) is 7.98. The van der Waals surface area contributed by atoms with Crippen molar-refractivity contribution in [2.24, 2.45) is 0 Å². The summed E-state index contributed by atoms with van der Waals surface area (Å²) in [6.45, 7) is 9.72. The predicted molar refractivity (Wildman–Crippen MR) is 126 cm³/mol. The molecule has 1 aromatic heterocycles. The molecule has 3 rings (SSSR count). The summed E-state index contributed by atoms with van der Waals surface area (Å²) in [5.41, 5.74) is 3.95. The molecule has 0 bridgehead atoms. The Morgan fingerprint density at radius 1 is 1.06 bits per heavy atom. The number of imidazole rings is 1. The van der Waals surface area contributed by atoms with Gasteiger partial charge in [-0.05, 0) is 56.9 Å². The molecule has 0 saturated carbocycles. The van der Waals surface area contributed by atoms with Crippen molar-refractivity contribution >= 4 is 16.9 Å². The first-order valence-corrected chi connectivity index (χ1v) is 11.1. The summed E-state index contributed by atoms with van der Waals surface area (Å²) in [5.74, 6) is 2.02. The zero-order chi connectivity index (χ0) is 22.1. The SMILES string of the molecule is C=C(C)C(=O)NCCCCCc1nc2ccccc2n1CCCOc1ccccc1C. The summed E-state index contributed by atoms with van der Waals surface area (Å²) in [4.78, 5) is 16.4. The largest absolute Gasteiger partial charge is 0.493 e. The van der Waals surface area contributed by atoms with Gasteiger partial charge in [-0.2, -0.15) is 0 Å². The number of fused-ring (bicyclic) bond motifs is 1. The van der Waals surface area contributed by atoms with Crippen LogP contribution in [0.4, 0.5) is 0 Å². The summed E-state index contributed by atoms with van der Waals surface area (Å²) in [6, 6.07) is 16.4. The highest BCUT2D eigenvalue weighted by atomic mass is 16.5. The van der Waals surface area contributed by atoms with Gasteiger partial charge in [0.05, 0.1) is 17.6 Å². The zero-order valence-corrected chi connectivity index (χ0v) is 18.7. The van der Waals surface area contributed by atoms with Crippen molar-refractivity contribution in [3.05, 3.63) is 72.1 Å². The van der Waals surface area contributed by atoms with E-state index in [0.29, 0.717) is 18.7 Å². The first-order chi connectivity index (χ1) is 15.1.